The van der Waals surface area contributed by atoms with Crippen molar-refractivity contribution in [3.8, 4) is 5.75 Å². The predicted octanol–water partition coefficient (Wildman–Crippen LogP) is 2.83. The van der Waals surface area contributed by atoms with E-state index in [0.717, 1.165) is 6.07 Å². The van der Waals surface area contributed by atoms with Crippen LogP contribution in [-0.4, -0.2) is 49.6 Å². The summed E-state index contributed by atoms with van der Waals surface area (Å²) in [6, 6.07) is 8.43. The topological polar surface area (TPSA) is 97.8 Å². The molecule has 1 fully saturated rings. The van der Waals surface area contributed by atoms with E-state index in [1.165, 1.54) is 30.3 Å². The van der Waals surface area contributed by atoms with Crippen LogP contribution in [0.4, 0.5) is 19.0 Å². The second kappa shape index (κ2) is 10.3. The van der Waals surface area contributed by atoms with Crippen molar-refractivity contribution < 1.29 is 37.0 Å². The SMILES string of the molecule is COc1ccccc1C(=O)NC(=O)COC(=O)C1CCCN(c2ncccc2C(F)(F)F)C1. The van der Waals surface area contributed by atoms with Crippen LogP contribution >= 0.6 is 0 Å². The van der Waals surface area contributed by atoms with E-state index in [2.05, 4.69) is 10.3 Å². The number of alkyl halides is 3. The number of rotatable bonds is 6. The van der Waals surface area contributed by atoms with E-state index in [1.54, 1.807) is 18.2 Å². The smallest absolute Gasteiger partial charge is 0.419 e. The van der Waals surface area contributed by atoms with Gasteiger partial charge in [0.05, 0.1) is 24.2 Å². The average Bonchev–Trinajstić information content (AvgIpc) is 2.82. The molecule has 0 radical (unpaired) electrons. The van der Waals surface area contributed by atoms with Crippen LogP contribution < -0.4 is 15.0 Å². The predicted molar refractivity (Wildman–Crippen MR) is 111 cm³/mol. The first kappa shape index (κ1) is 24.0. The van der Waals surface area contributed by atoms with Crippen LogP contribution in [0.25, 0.3) is 0 Å². The van der Waals surface area contributed by atoms with E-state index in [0.29, 0.717) is 19.4 Å². The number of nitrogens with zero attached hydrogens (tertiary/aromatic N) is 2. The summed E-state index contributed by atoms with van der Waals surface area (Å²) in [5.41, 5.74) is -0.744. The van der Waals surface area contributed by atoms with Crippen molar-refractivity contribution in [3.05, 3.63) is 53.7 Å². The summed E-state index contributed by atoms with van der Waals surface area (Å²) < 4.78 is 50.0. The Morgan fingerprint density at radius 3 is 2.67 bits per heavy atom. The highest BCUT2D eigenvalue weighted by Crippen LogP contribution is 2.36. The summed E-state index contributed by atoms with van der Waals surface area (Å²) >= 11 is 0. The first-order valence-electron chi connectivity index (χ1n) is 10.1. The fourth-order valence-corrected chi connectivity index (χ4v) is 3.55. The summed E-state index contributed by atoms with van der Waals surface area (Å²) in [7, 11) is 1.38. The van der Waals surface area contributed by atoms with Gasteiger partial charge in [-0.25, -0.2) is 4.98 Å². The number of methoxy groups -OCH3 is 1. The van der Waals surface area contributed by atoms with Gasteiger partial charge in [-0.15, -0.1) is 0 Å². The van der Waals surface area contributed by atoms with Gasteiger partial charge in [0.15, 0.2) is 6.61 Å². The van der Waals surface area contributed by atoms with Gasteiger partial charge in [-0.2, -0.15) is 13.2 Å². The van der Waals surface area contributed by atoms with Gasteiger partial charge in [0.2, 0.25) is 0 Å². The van der Waals surface area contributed by atoms with Gasteiger partial charge >= 0.3 is 12.1 Å². The summed E-state index contributed by atoms with van der Waals surface area (Å²) in [6.45, 7) is -0.425. The number of imide groups is 1. The lowest BCUT2D eigenvalue weighted by atomic mass is 9.98. The van der Waals surface area contributed by atoms with Gasteiger partial charge in [-0.1, -0.05) is 12.1 Å². The normalized spacial score (nSPS) is 16.1. The summed E-state index contributed by atoms with van der Waals surface area (Å²) in [5, 5.41) is 2.11. The van der Waals surface area contributed by atoms with Crippen LogP contribution in [0, 0.1) is 5.92 Å². The Kier molecular flexibility index (Phi) is 7.52. The van der Waals surface area contributed by atoms with E-state index < -0.39 is 42.0 Å². The van der Waals surface area contributed by atoms with Crippen LogP contribution in [0.1, 0.15) is 28.8 Å². The molecular formula is C22H22F3N3O5. The highest BCUT2D eigenvalue weighted by Gasteiger charge is 2.37. The van der Waals surface area contributed by atoms with Crippen LogP contribution in [0.15, 0.2) is 42.6 Å². The lowest BCUT2D eigenvalue weighted by molar-refractivity contribution is -0.152. The number of piperidine rings is 1. The number of para-hydroxylation sites is 1. The number of amides is 2. The minimum absolute atomic E-state index is 0.0271. The molecule has 1 aromatic carbocycles. The Hall–Kier alpha value is -3.63. The largest absolute Gasteiger partial charge is 0.496 e. The molecule has 0 spiro atoms. The molecule has 8 nitrogen and oxygen atoms in total. The number of nitrogens with one attached hydrogen (secondary N) is 1. The maximum Gasteiger partial charge on any atom is 0.419 e. The van der Waals surface area contributed by atoms with E-state index in [4.69, 9.17) is 9.47 Å². The minimum atomic E-state index is -4.58. The zero-order valence-corrected chi connectivity index (χ0v) is 17.7. The molecule has 1 aliphatic heterocycles. The zero-order chi connectivity index (χ0) is 24.0. The fraction of sp³-hybridized carbons (Fsp3) is 0.364. The Bertz CT molecular complexity index is 1030. The van der Waals surface area contributed by atoms with E-state index >= 15 is 0 Å². The first-order valence-corrected chi connectivity index (χ1v) is 10.1. The third kappa shape index (κ3) is 5.99. The fourth-order valence-electron chi connectivity index (χ4n) is 3.55. The standard InChI is InChI=1S/C22H22F3N3O5/c1-32-17-9-3-2-7-15(17)20(30)27-18(29)13-33-21(31)14-6-5-11-28(12-14)19-16(22(23,24)25)8-4-10-26-19/h2-4,7-10,14H,5-6,11-13H2,1H3,(H,27,29,30). The van der Waals surface area contributed by atoms with Crippen molar-refractivity contribution in [1.82, 2.24) is 10.3 Å². The molecule has 1 N–H and O–H groups in total. The number of benzene rings is 1. The highest BCUT2D eigenvalue weighted by molar-refractivity contribution is 6.06. The average molecular weight is 465 g/mol. The molecule has 176 valence electrons. The van der Waals surface area contributed by atoms with Crippen LogP contribution in [0.2, 0.25) is 0 Å². The maximum atomic E-state index is 13.3. The Morgan fingerprint density at radius 2 is 1.94 bits per heavy atom. The lowest BCUT2D eigenvalue weighted by Gasteiger charge is -2.33. The quantitative estimate of drug-likeness (QED) is 0.655. The van der Waals surface area contributed by atoms with Gasteiger partial charge in [0.1, 0.15) is 11.6 Å². The maximum absolute atomic E-state index is 13.3. The molecule has 1 aliphatic rings. The van der Waals surface area contributed by atoms with Crippen molar-refractivity contribution in [2.75, 3.05) is 31.7 Å². The van der Waals surface area contributed by atoms with Crippen molar-refractivity contribution >= 4 is 23.6 Å². The van der Waals surface area contributed by atoms with Gasteiger partial charge in [0, 0.05) is 19.3 Å². The molecule has 3 rings (SSSR count). The number of anilines is 1. The van der Waals surface area contributed by atoms with Crippen LogP contribution in [-0.2, 0) is 20.5 Å². The molecule has 0 aliphatic carbocycles. The first-order chi connectivity index (χ1) is 15.7. The van der Waals surface area contributed by atoms with Crippen molar-refractivity contribution in [2.24, 2.45) is 5.92 Å². The number of halogens is 3. The van der Waals surface area contributed by atoms with Gasteiger partial charge in [-0.05, 0) is 37.1 Å². The highest BCUT2D eigenvalue weighted by atomic mass is 19.4. The third-order valence-corrected chi connectivity index (χ3v) is 5.10. The van der Waals surface area contributed by atoms with E-state index in [9.17, 15) is 27.6 Å². The number of carbonyl (C=O) groups is 3. The summed E-state index contributed by atoms with van der Waals surface area (Å²) in [4.78, 5) is 42.0. The van der Waals surface area contributed by atoms with Gasteiger partial charge < -0.3 is 14.4 Å². The Morgan fingerprint density at radius 1 is 1.18 bits per heavy atom. The third-order valence-electron chi connectivity index (χ3n) is 5.10. The molecule has 0 bridgehead atoms. The van der Waals surface area contributed by atoms with Crippen molar-refractivity contribution in [3.63, 3.8) is 0 Å². The lowest BCUT2D eigenvalue weighted by Crippen LogP contribution is -2.42. The molecular weight excluding hydrogens is 443 g/mol. The molecule has 0 saturated carbocycles. The number of carbonyl (C=O) groups excluding carboxylic acids is 3. The molecule has 1 saturated heterocycles. The Balaban J connectivity index is 1.57. The number of hydrogen-bond acceptors (Lipinski definition) is 7. The summed E-state index contributed by atoms with van der Waals surface area (Å²) in [5.74, 6) is -3.00. The Labute approximate surface area is 187 Å². The molecule has 33 heavy (non-hydrogen) atoms. The summed E-state index contributed by atoms with van der Waals surface area (Å²) in [6.07, 6.45) is -2.48. The number of hydrogen-bond donors (Lipinski definition) is 1. The molecule has 1 unspecified atom stereocenters. The molecule has 2 aromatic rings. The number of pyridine rings is 1. The molecule has 1 aromatic heterocycles. The molecule has 2 amide bonds. The van der Waals surface area contributed by atoms with Crippen molar-refractivity contribution in [2.45, 2.75) is 19.0 Å². The van der Waals surface area contributed by atoms with E-state index in [1.807, 2.05) is 0 Å². The molecule has 2 heterocycles. The second-order valence-corrected chi connectivity index (χ2v) is 7.34. The number of aromatic nitrogens is 1. The van der Waals surface area contributed by atoms with Crippen LogP contribution in [0.5, 0.6) is 5.75 Å². The van der Waals surface area contributed by atoms with Crippen molar-refractivity contribution in [1.29, 1.82) is 0 Å². The monoisotopic (exact) mass is 465 g/mol. The van der Waals surface area contributed by atoms with Gasteiger partial charge in [-0.3, -0.25) is 19.7 Å². The molecule has 11 heteroatoms. The number of ether oxygens (including phenoxy) is 2. The van der Waals surface area contributed by atoms with E-state index in [-0.39, 0.29) is 23.7 Å². The molecule has 1 atom stereocenters. The minimum Gasteiger partial charge on any atom is -0.496 e. The van der Waals surface area contributed by atoms with Gasteiger partial charge in [0.25, 0.3) is 11.8 Å². The second-order valence-electron chi connectivity index (χ2n) is 7.34. The van der Waals surface area contributed by atoms with Crippen LogP contribution in [0.3, 0.4) is 0 Å². The number of esters is 1. The zero-order valence-electron chi connectivity index (χ0n) is 17.7.